The van der Waals surface area contributed by atoms with Crippen molar-refractivity contribution in [1.29, 1.82) is 0 Å². The number of aryl methyl sites for hydroxylation is 1. The summed E-state index contributed by atoms with van der Waals surface area (Å²) in [6.45, 7) is 7.12. The molecule has 0 unspecified atom stereocenters. The van der Waals surface area contributed by atoms with E-state index >= 15 is 0 Å². The number of nitrogens with one attached hydrogen (secondary N) is 1. The van der Waals surface area contributed by atoms with E-state index in [2.05, 4.69) is 5.32 Å². The highest BCUT2D eigenvalue weighted by Crippen LogP contribution is 2.10. The van der Waals surface area contributed by atoms with Gasteiger partial charge < -0.3 is 15.1 Å². The number of likely N-dealkylation sites (N-methyl/N-ethyl adjacent to an activating group) is 2. The van der Waals surface area contributed by atoms with Crippen molar-refractivity contribution >= 4 is 35.2 Å². The van der Waals surface area contributed by atoms with Gasteiger partial charge in [-0.05, 0) is 32.9 Å². The third-order valence-electron chi connectivity index (χ3n) is 3.71. The van der Waals surface area contributed by atoms with Crippen molar-refractivity contribution in [2.45, 2.75) is 20.8 Å². The van der Waals surface area contributed by atoms with Gasteiger partial charge in [-0.25, -0.2) is 0 Å². The van der Waals surface area contributed by atoms with Crippen molar-refractivity contribution in [3.05, 3.63) is 29.8 Å². The summed E-state index contributed by atoms with van der Waals surface area (Å²) < 4.78 is 0. The maximum absolute atomic E-state index is 12.1. The summed E-state index contributed by atoms with van der Waals surface area (Å²) in [5, 5.41) is 2.79. The van der Waals surface area contributed by atoms with Gasteiger partial charge in [0.1, 0.15) is 0 Å². The molecule has 0 saturated carbocycles. The average molecular weight is 365 g/mol. The minimum atomic E-state index is -0.159. The van der Waals surface area contributed by atoms with Crippen LogP contribution in [0.1, 0.15) is 19.4 Å². The van der Waals surface area contributed by atoms with Gasteiger partial charge in [0.05, 0.1) is 18.1 Å². The number of nitrogens with zero attached hydrogens (tertiary/aromatic N) is 2. The zero-order valence-electron chi connectivity index (χ0n) is 15.4. The lowest BCUT2D eigenvalue weighted by molar-refractivity contribution is -0.137. The van der Waals surface area contributed by atoms with E-state index in [4.69, 9.17) is 0 Å². The van der Waals surface area contributed by atoms with Gasteiger partial charge in [0, 0.05) is 25.8 Å². The molecule has 0 radical (unpaired) electrons. The van der Waals surface area contributed by atoms with Crippen LogP contribution in [0.2, 0.25) is 0 Å². The summed E-state index contributed by atoms with van der Waals surface area (Å²) in [4.78, 5) is 39.0. The topological polar surface area (TPSA) is 69.7 Å². The first kappa shape index (κ1) is 21.0. The standard InChI is InChI=1S/C18H27N3O3S/c1-5-21(6-2)17(23)11-20(4)18(24)13-25-12-16(22)19-15-9-7-14(3)8-10-15/h7-10H,5-6,11-13H2,1-4H3,(H,19,22). The van der Waals surface area contributed by atoms with Crippen molar-refractivity contribution in [1.82, 2.24) is 9.80 Å². The van der Waals surface area contributed by atoms with Gasteiger partial charge >= 0.3 is 0 Å². The van der Waals surface area contributed by atoms with E-state index in [9.17, 15) is 14.4 Å². The Labute approximate surface area is 153 Å². The fourth-order valence-corrected chi connectivity index (χ4v) is 2.90. The Morgan fingerprint density at radius 3 is 2.16 bits per heavy atom. The molecule has 0 fully saturated rings. The molecule has 0 aromatic heterocycles. The van der Waals surface area contributed by atoms with Crippen LogP contribution in [0.5, 0.6) is 0 Å². The second-order valence-electron chi connectivity index (χ2n) is 5.72. The minimum absolute atomic E-state index is 0.0661. The Morgan fingerprint density at radius 1 is 1.00 bits per heavy atom. The molecule has 1 aromatic carbocycles. The molecule has 3 amide bonds. The smallest absolute Gasteiger partial charge is 0.242 e. The molecule has 0 aliphatic rings. The second-order valence-corrected chi connectivity index (χ2v) is 6.71. The number of anilines is 1. The van der Waals surface area contributed by atoms with Crippen LogP contribution in [0.15, 0.2) is 24.3 Å². The molecule has 1 N–H and O–H groups in total. The molecule has 6 nitrogen and oxygen atoms in total. The van der Waals surface area contributed by atoms with Crippen molar-refractivity contribution in [2.24, 2.45) is 0 Å². The van der Waals surface area contributed by atoms with Crippen LogP contribution in [0, 0.1) is 6.92 Å². The highest BCUT2D eigenvalue weighted by atomic mass is 32.2. The largest absolute Gasteiger partial charge is 0.342 e. The molecule has 7 heteroatoms. The zero-order valence-corrected chi connectivity index (χ0v) is 16.2. The van der Waals surface area contributed by atoms with E-state index in [1.54, 1.807) is 11.9 Å². The van der Waals surface area contributed by atoms with E-state index in [0.29, 0.717) is 13.1 Å². The minimum Gasteiger partial charge on any atom is -0.342 e. The lowest BCUT2D eigenvalue weighted by atomic mass is 10.2. The summed E-state index contributed by atoms with van der Waals surface area (Å²) in [5.41, 5.74) is 1.87. The number of benzene rings is 1. The Morgan fingerprint density at radius 2 is 1.60 bits per heavy atom. The highest BCUT2D eigenvalue weighted by Gasteiger charge is 2.16. The number of carbonyl (C=O) groups excluding carboxylic acids is 3. The quantitative estimate of drug-likeness (QED) is 0.727. The predicted molar refractivity (Wildman–Crippen MR) is 103 cm³/mol. The maximum Gasteiger partial charge on any atom is 0.242 e. The molecule has 0 saturated heterocycles. The number of hydrogen-bond acceptors (Lipinski definition) is 4. The lowest BCUT2D eigenvalue weighted by Crippen LogP contribution is -2.41. The summed E-state index contributed by atoms with van der Waals surface area (Å²) >= 11 is 1.24. The van der Waals surface area contributed by atoms with E-state index in [0.717, 1.165) is 11.3 Å². The predicted octanol–water partition coefficient (Wildman–Crippen LogP) is 1.99. The van der Waals surface area contributed by atoms with E-state index < -0.39 is 0 Å². The summed E-state index contributed by atoms with van der Waals surface area (Å²) in [6, 6.07) is 7.54. The van der Waals surface area contributed by atoms with Crippen molar-refractivity contribution < 1.29 is 14.4 Å². The summed E-state index contributed by atoms with van der Waals surface area (Å²) in [5.74, 6) is -0.0130. The van der Waals surface area contributed by atoms with Crippen molar-refractivity contribution in [2.75, 3.05) is 43.5 Å². The van der Waals surface area contributed by atoms with Crippen LogP contribution >= 0.6 is 11.8 Å². The van der Waals surface area contributed by atoms with E-state index in [1.807, 2.05) is 45.0 Å². The van der Waals surface area contributed by atoms with E-state index in [-0.39, 0.29) is 35.8 Å². The first-order chi connectivity index (χ1) is 11.9. The number of thioether (sulfide) groups is 1. The maximum atomic E-state index is 12.1. The molecule has 0 aliphatic heterocycles. The third-order valence-corrected chi connectivity index (χ3v) is 4.63. The summed E-state index contributed by atoms with van der Waals surface area (Å²) in [7, 11) is 1.61. The third kappa shape index (κ3) is 7.60. The molecule has 0 atom stereocenters. The molecule has 138 valence electrons. The fourth-order valence-electron chi connectivity index (χ4n) is 2.14. The van der Waals surface area contributed by atoms with Gasteiger partial charge in [-0.1, -0.05) is 17.7 Å². The molecule has 25 heavy (non-hydrogen) atoms. The molecule has 0 aliphatic carbocycles. The number of amides is 3. The average Bonchev–Trinajstić information content (AvgIpc) is 2.57. The SMILES string of the molecule is CCN(CC)C(=O)CN(C)C(=O)CSCC(=O)Nc1ccc(C)cc1. The first-order valence-corrected chi connectivity index (χ1v) is 9.48. The molecule has 0 bridgehead atoms. The van der Waals surface area contributed by atoms with Crippen LogP contribution in [0.3, 0.4) is 0 Å². The first-order valence-electron chi connectivity index (χ1n) is 8.33. The van der Waals surface area contributed by atoms with E-state index in [1.165, 1.54) is 16.7 Å². The van der Waals surface area contributed by atoms with Gasteiger partial charge in [-0.15, -0.1) is 11.8 Å². The van der Waals surface area contributed by atoms with Crippen LogP contribution in [0.25, 0.3) is 0 Å². The lowest BCUT2D eigenvalue weighted by Gasteiger charge is -2.23. The summed E-state index contributed by atoms with van der Waals surface area (Å²) in [6.07, 6.45) is 0. The monoisotopic (exact) mass is 365 g/mol. The Hall–Kier alpha value is -2.02. The Bertz CT molecular complexity index is 586. The highest BCUT2D eigenvalue weighted by molar-refractivity contribution is 8.00. The van der Waals surface area contributed by atoms with Crippen LogP contribution in [-0.4, -0.2) is 65.7 Å². The normalized spacial score (nSPS) is 10.2. The van der Waals surface area contributed by atoms with Crippen molar-refractivity contribution in [3.63, 3.8) is 0 Å². The van der Waals surface area contributed by atoms with Crippen molar-refractivity contribution in [3.8, 4) is 0 Å². The molecule has 1 aromatic rings. The molecule has 0 spiro atoms. The van der Waals surface area contributed by atoms with Crippen LogP contribution < -0.4 is 5.32 Å². The molecule has 0 heterocycles. The number of hydrogen-bond donors (Lipinski definition) is 1. The molecule has 1 rings (SSSR count). The molecular formula is C18H27N3O3S. The van der Waals surface area contributed by atoms with Gasteiger partial charge in [0.25, 0.3) is 0 Å². The Kier molecular flexibility index (Phi) is 9.05. The second kappa shape index (κ2) is 10.8. The van der Waals surface area contributed by atoms with Crippen LogP contribution in [0.4, 0.5) is 5.69 Å². The molecular weight excluding hydrogens is 338 g/mol. The number of carbonyl (C=O) groups is 3. The van der Waals surface area contributed by atoms with Gasteiger partial charge in [-0.3, -0.25) is 14.4 Å². The van der Waals surface area contributed by atoms with Gasteiger partial charge in [0.2, 0.25) is 17.7 Å². The Balaban J connectivity index is 2.32. The zero-order chi connectivity index (χ0) is 18.8. The van der Waals surface area contributed by atoms with Gasteiger partial charge in [0.15, 0.2) is 0 Å². The number of rotatable bonds is 9. The van der Waals surface area contributed by atoms with Gasteiger partial charge in [-0.2, -0.15) is 0 Å². The fraction of sp³-hybridized carbons (Fsp3) is 0.500. The van der Waals surface area contributed by atoms with Crippen LogP contribution in [-0.2, 0) is 14.4 Å².